The minimum absolute atomic E-state index is 0.0283. The predicted molar refractivity (Wildman–Crippen MR) is 135 cm³/mol. The van der Waals surface area contributed by atoms with E-state index in [1.54, 1.807) is 0 Å². The lowest BCUT2D eigenvalue weighted by molar-refractivity contribution is 0.437. The van der Waals surface area contributed by atoms with Gasteiger partial charge in [-0.1, -0.05) is 90.9 Å². The third kappa shape index (κ3) is 3.50. The summed E-state index contributed by atoms with van der Waals surface area (Å²) >= 11 is 0. The van der Waals surface area contributed by atoms with Gasteiger partial charge in [0.05, 0.1) is 16.4 Å². The van der Waals surface area contributed by atoms with E-state index in [2.05, 4.69) is 36.4 Å². The molecule has 0 spiro atoms. The molecule has 3 heteroatoms. The molecule has 0 bridgehead atoms. The van der Waals surface area contributed by atoms with E-state index in [1.807, 2.05) is 42.5 Å². The summed E-state index contributed by atoms with van der Waals surface area (Å²) in [5.41, 5.74) is 4.25. The van der Waals surface area contributed by atoms with Crippen molar-refractivity contribution >= 4 is 11.0 Å². The first-order valence-electron chi connectivity index (χ1n) is 13.3. The molecule has 1 N–H and O–H groups in total. The molecule has 0 radical (unpaired) electrons. The van der Waals surface area contributed by atoms with Crippen LogP contribution in [0.4, 0.5) is 0 Å². The lowest BCUT2D eigenvalue weighted by Gasteiger charge is -2.32. The van der Waals surface area contributed by atoms with E-state index < -0.39 is 41.5 Å². The van der Waals surface area contributed by atoms with E-state index in [9.17, 15) is 9.90 Å². The number of rotatable bonds is 3. The van der Waals surface area contributed by atoms with Crippen LogP contribution in [0.25, 0.3) is 22.1 Å². The Kier molecular flexibility index (Phi) is 4.05. The van der Waals surface area contributed by atoms with E-state index in [-0.39, 0.29) is 22.5 Å². The van der Waals surface area contributed by atoms with Crippen LogP contribution in [0.2, 0.25) is 0 Å². The second-order valence-electron chi connectivity index (χ2n) is 8.73. The van der Waals surface area contributed by atoms with Gasteiger partial charge >= 0.3 is 5.63 Å². The van der Waals surface area contributed by atoms with E-state index in [0.717, 1.165) is 34.2 Å². The highest BCUT2D eigenvalue weighted by Gasteiger charge is 2.33. The molecule has 2 unspecified atom stereocenters. The largest absolute Gasteiger partial charge is 0.507 e. The summed E-state index contributed by atoms with van der Waals surface area (Å²) in [6.07, 6.45) is 1.31. The molecule has 1 aliphatic rings. The van der Waals surface area contributed by atoms with Crippen LogP contribution < -0.4 is 5.63 Å². The van der Waals surface area contributed by atoms with Gasteiger partial charge in [-0.05, 0) is 58.7 Å². The molecule has 34 heavy (non-hydrogen) atoms. The average molecular weight is 449 g/mol. The number of fused-ring (bicyclic) bond motifs is 2. The van der Waals surface area contributed by atoms with Crippen LogP contribution in [0.5, 0.6) is 5.75 Å². The maximum Gasteiger partial charge on any atom is 0.343 e. The summed E-state index contributed by atoms with van der Waals surface area (Å²) in [7, 11) is 0. The maximum absolute atomic E-state index is 13.3. The fraction of sp³-hybridized carbons (Fsp3) is 0.129. The van der Waals surface area contributed by atoms with Crippen molar-refractivity contribution in [3.63, 3.8) is 0 Å². The quantitative estimate of drug-likeness (QED) is 0.302. The van der Waals surface area contributed by atoms with Crippen LogP contribution in [0.15, 0.2) is 112 Å². The van der Waals surface area contributed by atoms with Gasteiger partial charge < -0.3 is 9.52 Å². The zero-order chi connectivity index (χ0) is 26.6. The fourth-order valence-electron chi connectivity index (χ4n) is 5.16. The van der Waals surface area contributed by atoms with Crippen molar-refractivity contribution < 1.29 is 15.0 Å². The molecule has 4 aromatic carbocycles. The third-order valence-corrected chi connectivity index (χ3v) is 6.81. The number of hydrogen-bond donors (Lipinski definition) is 1. The van der Waals surface area contributed by atoms with Gasteiger partial charge in [-0.3, -0.25) is 0 Å². The zero-order valence-electron chi connectivity index (χ0n) is 22.3. The van der Waals surface area contributed by atoms with Gasteiger partial charge in [-0.15, -0.1) is 0 Å². The van der Waals surface area contributed by atoms with Crippen molar-refractivity contribution in [2.24, 2.45) is 0 Å². The summed E-state index contributed by atoms with van der Waals surface area (Å²) in [5.74, 6) is -0.875. The monoisotopic (exact) mass is 448 g/mol. The molecule has 0 amide bonds. The lowest BCUT2D eigenvalue weighted by atomic mass is 9.72. The van der Waals surface area contributed by atoms with Crippen LogP contribution in [0, 0.1) is 0 Å². The Hall–Kier alpha value is -4.11. The Bertz CT molecular complexity index is 1740. The summed E-state index contributed by atoms with van der Waals surface area (Å²) in [5, 5.41) is 11.2. The van der Waals surface area contributed by atoms with E-state index in [1.165, 1.54) is 0 Å². The van der Waals surface area contributed by atoms with Crippen molar-refractivity contribution in [1.29, 1.82) is 0 Å². The molecule has 1 aliphatic carbocycles. The fourth-order valence-corrected chi connectivity index (χ4v) is 5.16. The SMILES string of the molecule is [2H]c1c([2H])c([2H])c2c(O)c(C3CC(c4ccc(-c5ccccc5)cc4)Cc4ccccc43)c(=O)oc2c1[2H]. The molecule has 166 valence electrons. The van der Waals surface area contributed by atoms with Crippen LogP contribution in [0.1, 0.15) is 46.0 Å². The summed E-state index contributed by atoms with van der Waals surface area (Å²) in [6.45, 7) is 0. The second-order valence-corrected chi connectivity index (χ2v) is 8.73. The number of hydrogen-bond acceptors (Lipinski definition) is 3. The minimum atomic E-state index is -0.792. The number of benzene rings is 4. The normalized spacial score (nSPS) is 19.1. The van der Waals surface area contributed by atoms with Crippen molar-refractivity contribution in [3.05, 3.63) is 136 Å². The second kappa shape index (κ2) is 8.35. The molecule has 0 saturated carbocycles. The van der Waals surface area contributed by atoms with Gasteiger partial charge in [-0.25, -0.2) is 4.79 Å². The first-order chi connectivity index (χ1) is 18.3. The lowest BCUT2D eigenvalue weighted by Crippen LogP contribution is -2.23. The van der Waals surface area contributed by atoms with E-state index >= 15 is 0 Å². The smallest absolute Gasteiger partial charge is 0.343 e. The van der Waals surface area contributed by atoms with Gasteiger partial charge in [0.2, 0.25) is 0 Å². The molecule has 6 rings (SSSR count). The molecule has 1 aromatic heterocycles. The van der Waals surface area contributed by atoms with Crippen LogP contribution in [-0.4, -0.2) is 5.11 Å². The highest BCUT2D eigenvalue weighted by Crippen LogP contribution is 2.45. The Morgan fingerprint density at radius 1 is 0.853 bits per heavy atom. The molecular formula is C31H24O3. The molecule has 0 saturated heterocycles. The molecule has 5 aromatic rings. The molecule has 1 heterocycles. The van der Waals surface area contributed by atoms with Gasteiger partial charge in [0.15, 0.2) is 0 Å². The van der Waals surface area contributed by atoms with Crippen LogP contribution >= 0.6 is 0 Å². The van der Waals surface area contributed by atoms with Crippen molar-refractivity contribution in [2.75, 3.05) is 0 Å². The number of aromatic hydroxyl groups is 1. The van der Waals surface area contributed by atoms with Gasteiger partial charge in [0, 0.05) is 5.92 Å². The molecular weight excluding hydrogens is 420 g/mol. The molecule has 2 atom stereocenters. The Morgan fingerprint density at radius 2 is 1.56 bits per heavy atom. The van der Waals surface area contributed by atoms with Gasteiger partial charge in [-0.2, -0.15) is 0 Å². The first kappa shape index (κ1) is 16.5. The first-order valence-corrected chi connectivity index (χ1v) is 11.3. The Labute approximate surface area is 203 Å². The minimum Gasteiger partial charge on any atom is -0.507 e. The van der Waals surface area contributed by atoms with Gasteiger partial charge in [0.25, 0.3) is 0 Å². The maximum atomic E-state index is 13.3. The molecule has 0 fully saturated rings. The zero-order valence-corrected chi connectivity index (χ0v) is 18.3. The topological polar surface area (TPSA) is 50.4 Å². The number of para-hydroxylation sites is 1. The van der Waals surface area contributed by atoms with Gasteiger partial charge in [0.1, 0.15) is 11.3 Å². The average Bonchev–Trinajstić information content (AvgIpc) is 2.95. The standard InChI is InChI=1S/C31H24O3/c32-30-26-12-6-7-13-28(26)34-31(33)29(30)27-19-24(18-23-10-4-5-11-25(23)27)22-16-14-21(15-17-22)20-8-2-1-3-9-20/h1-17,24,27,32H,18-19H2/i6D,7D,12D,13D. The highest BCUT2D eigenvalue weighted by atomic mass is 16.4. The van der Waals surface area contributed by atoms with Crippen molar-refractivity contribution in [2.45, 2.75) is 24.7 Å². The highest BCUT2D eigenvalue weighted by molar-refractivity contribution is 5.84. The molecule has 3 nitrogen and oxygen atoms in total. The summed E-state index contributed by atoms with van der Waals surface area (Å²) in [4.78, 5) is 13.3. The summed E-state index contributed by atoms with van der Waals surface area (Å²) < 4.78 is 37.9. The summed E-state index contributed by atoms with van der Waals surface area (Å²) in [6, 6.07) is 24.4. The van der Waals surface area contributed by atoms with E-state index in [4.69, 9.17) is 9.90 Å². The van der Waals surface area contributed by atoms with Crippen molar-refractivity contribution in [3.8, 4) is 16.9 Å². The van der Waals surface area contributed by atoms with Crippen LogP contribution in [-0.2, 0) is 6.42 Å². The molecule has 0 aliphatic heterocycles. The Balaban J connectivity index is 1.47. The van der Waals surface area contributed by atoms with E-state index in [0.29, 0.717) is 6.42 Å². The predicted octanol–water partition coefficient (Wildman–Crippen LogP) is 7.03. The van der Waals surface area contributed by atoms with Crippen LogP contribution in [0.3, 0.4) is 0 Å². The Morgan fingerprint density at radius 3 is 2.38 bits per heavy atom. The van der Waals surface area contributed by atoms with Crippen molar-refractivity contribution in [1.82, 2.24) is 0 Å². The third-order valence-electron chi connectivity index (χ3n) is 6.81.